The first kappa shape index (κ1) is 12.9. The van der Waals surface area contributed by atoms with Gasteiger partial charge in [-0.05, 0) is 19.8 Å². The van der Waals surface area contributed by atoms with E-state index < -0.39 is 0 Å². The van der Waals surface area contributed by atoms with Gasteiger partial charge in [-0.15, -0.1) is 0 Å². The van der Waals surface area contributed by atoms with Crippen LogP contribution in [0, 0.1) is 0 Å². The number of nitrogens with one attached hydrogen (secondary N) is 1. The van der Waals surface area contributed by atoms with Crippen LogP contribution >= 0.6 is 0 Å². The smallest absolute Gasteiger partial charge is 0.223 e. The fourth-order valence-corrected chi connectivity index (χ4v) is 2.21. The second kappa shape index (κ2) is 5.86. The highest BCUT2D eigenvalue weighted by Crippen LogP contribution is 2.22. The number of nitrogen functional groups attached to an aromatic ring is 1. The number of methoxy groups -OCH3 is 1. The van der Waals surface area contributed by atoms with Gasteiger partial charge in [0.25, 0.3) is 0 Å². The van der Waals surface area contributed by atoms with Crippen LogP contribution in [0.5, 0.6) is 0 Å². The quantitative estimate of drug-likeness (QED) is 0.834. The van der Waals surface area contributed by atoms with Crippen molar-refractivity contribution in [2.75, 3.05) is 42.7 Å². The second-order valence-corrected chi connectivity index (χ2v) is 4.42. The summed E-state index contributed by atoms with van der Waals surface area (Å²) in [5.41, 5.74) is 5.74. The van der Waals surface area contributed by atoms with Gasteiger partial charge in [0.1, 0.15) is 11.6 Å². The predicted octanol–water partition coefficient (Wildman–Crippen LogP) is 1.11. The SMILES string of the molecule is CCNc1cc(N2CCC(OC)CC2)nc(N)n1. The first-order valence-electron chi connectivity index (χ1n) is 6.39. The molecule has 1 fully saturated rings. The fourth-order valence-electron chi connectivity index (χ4n) is 2.21. The lowest BCUT2D eigenvalue weighted by Crippen LogP contribution is -2.37. The molecule has 2 rings (SSSR count). The lowest BCUT2D eigenvalue weighted by Gasteiger charge is -2.32. The minimum absolute atomic E-state index is 0.317. The van der Waals surface area contributed by atoms with Crippen LogP contribution in [0.25, 0.3) is 0 Å². The highest BCUT2D eigenvalue weighted by molar-refractivity contribution is 5.52. The summed E-state index contributed by atoms with van der Waals surface area (Å²) in [5.74, 6) is 2.00. The van der Waals surface area contributed by atoms with E-state index in [4.69, 9.17) is 10.5 Å². The number of aromatic nitrogens is 2. The molecule has 100 valence electrons. The summed E-state index contributed by atoms with van der Waals surface area (Å²) >= 11 is 0. The molecule has 1 saturated heterocycles. The number of hydrogen-bond acceptors (Lipinski definition) is 6. The molecule has 0 aromatic carbocycles. The Morgan fingerprint density at radius 1 is 1.44 bits per heavy atom. The average Bonchev–Trinajstić information content (AvgIpc) is 2.38. The highest BCUT2D eigenvalue weighted by Gasteiger charge is 2.20. The van der Waals surface area contributed by atoms with Gasteiger partial charge in [0.15, 0.2) is 0 Å². The van der Waals surface area contributed by atoms with E-state index in [1.165, 1.54) is 0 Å². The first-order valence-corrected chi connectivity index (χ1v) is 6.39. The fraction of sp³-hybridized carbons (Fsp3) is 0.667. The minimum atomic E-state index is 0.317. The van der Waals surface area contributed by atoms with Gasteiger partial charge in [0.2, 0.25) is 5.95 Å². The normalized spacial score (nSPS) is 16.9. The highest BCUT2D eigenvalue weighted by atomic mass is 16.5. The van der Waals surface area contributed by atoms with E-state index in [2.05, 4.69) is 20.2 Å². The number of nitrogens with two attached hydrogens (primary N) is 1. The largest absolute Gasteiger partial charge is 0.381 e. The van der Waals surface area contributed by atoms with Crippen molar-refractivity contribution in [3.63, 3.8) is 0 Å². The van der Waals surface area contributed by atoms with Gasteiger partial charge in [-0.25, -0.2) is 0 Å². The predicted molar refractivity (Wildman–Crippen MR) is 72.9 cm³/mol. The van der Waals surface area contributed by atoms with E-state index >= 15 is 0 Å². The van der Waals surface area contributed by atoms with E-state index in [9.17, 15) is 0 Å². The molecule has 0 aliphatic carbocycles. The molecule has 6 heteroatoms. The molecular weight excluding hydrogens is 230 g/mol. The van der Waals surface area contributed by atoms with Crippen LogP contribution in [-0.2, 0) is 4.74 Å². The van der Waals surface area contributed by atoms with Crippen molar-refractivity contribution in [3.05, 3.63) is 6.07 Å². The third kappa shape index (κ3) is 3.01. The Hall–Kier alpha value is -1.56. The monoisotopic (exact) mass is 251 g/mol. The van der Waals surface area contributed by atoms with Crippen molar-refractivity contribution in [2.45, 2.75) is 25.9 Å². The Morgan fingerprint density at radius 2 is 2.17 bits per heavy atom. The van der Waals surface area contributed by atoms with Gasteiger partial charge in [0.05, 0.1) is 6.10 Å². The van der Waals surface area contributed by atoms with Crippen molar-refractivity contribution in [1.29, 1.82) is 0 Å². The topological polar surface area (TPSA) is 76.3 Å². The molecule has 0 amide bonds. The van der Waals surface area contributed by atoms with E-state index in [-0.39, 0.29) is 0 Å². The molecule has 18 heavy (non-hydrogen) atoms. The van der Waals surface area contributed by atoms with Gasteiger partial charge in [-0.1, -0.05) is 0 Å². The molecule has 2 heterocycles. The Morgan fingerprint density at radius 3 is 2.78 bits per heavy atom. The maximum atomic E-state index is 5.74. The van der Waals surface area contributed by atoms with Crippen molar-refractivity contribution in [3.8, 4) is 0 Å². The summed E-state index contributed by atoms with van der Waals surface area (Å²) in [4.78, 5) is 10.7. The maximum Gasteiger partial charge on any atom is 0.223 e. The third-order valence-corrected chi connectivity index (χ3v) is 3.19. The van der Waals surface area contributed by atoms with Crippen molar-refractivity contribution >= 4 is 17.6 Å². The molecule has 1 aliphatic rings. The van der Waals surface area contributed by atoms with Crippen LogP contribution in [0.2, 0.25) is 0 Å². The molecule has 1 aliphatic heterocycles. The summed E-state index contributed by atoms with van der Waals surface area (Å²) < 4.78 is 5.36. The molecule has 0 bridgehead atoms. The van der Waals surface area contributed by atoms with Crippen molar-refractivity contribution in [1.82, 2.24) is 9.97 Å². The standard InChI is InChI=1S/C12H21N5O/c1-3-14-10-8-11(16-12(13)15-10)17-6-4-9(18-2)5-7-17/h8-9H,3-7H2,1-2H3,(H3,13,14,15,16). The molecular formula is C12H21N5O. The molecule has 0 atom stereocenters. The zero-order chi connectivity index (χ0) is 13.0. The number of hydrogen-bond donors (Lipinski definition) is 2. The second-order valence-electron chi connectivity index (χ2n) is 4.42. The number of rotatable bonds is 4. The Bertz CT molecular complexity index is 390. The summed E-state index contributed by atoms with van der Waals surface area (Å²) in [6.45, 7) is 4.74. The number of piperidine rings is 1. The first-order chi connectivity index (χ1) is 8.72. The van der Waals surface area contributed by atoms with Crippen LogP contribution < -0.4 is 16.0 Å². The lowest BCUT2D eigenvalue weighted by atomic mass is 10.1. The van der Waals surface area contributed by atoms with Gasteiger partial charge in [0, 0.05) is 32.8 Å². The Balaban J connectivity index is 2.08. The van der Waals surface area contributed by atoms with Crippen LogP contribution in [0.4, 0.5) is 17.6 Å². The molecule has 3 N–H and O–H groups in total. The zero-order valence-corrected chi connectivity index (χ0v) is 11.0. The van der Waals surface area contributed by atoms with Crippen molar-refractivity contribution < 1.29 is 4.74 Å². The molecule has 0 radical (unpaired) electrons. The number of anilines is 3. The van der Waals surface area contributed by atoms with Crippen LogP contribution in [0.3, 0.4) is 0 Å². The lowest BCUT2D eigenvalue weighted by molar-refractivity contribution is 0.0818. The molecule has 6 nitrogen and oxygen atoms in total. The Labute approximate surface area is 108 Å². The summed E-state index contributed by atoms with van der Waals surface area (Å²) in [6, 6.07) is 1.95. The Kier molecular flexibility index (Phi) is 4.19. The van der Waals surface area contributed by atoms with E-state index in [1.54, 1.807) is 7.11 Å². The van der Waals surface area contributed by atoms with E-state index in [0.717, 1.165) is 44.1 Å². The van der Waals surface area contributed by atoms with Gasteiger partial charge in [-0.2, -0.15) is 9.97 Å². The van der Waals surface area contributed by atoms with Gasteiger partial charge in [-0.3, -0.25) is 0 Å². The van der Waals surface area contributed by atoms with E-state index in [1.807, 2.05) is 13.0 Å². The van der Waals surface area contributed by atoms with Crippen LogP contribution in [-0.4, -0.2) is 42.8 Å². The summed E-state index contributed by atoms with van der Waals surface area (Å²) in [7, 11) is 1.77. The summed E-state index contributed by atoms with van der Waals surface area (Å²) in [6.07, 6.45) is 2.42. The number of nitrogens with zero attached hydrogens (tertiary/aromatic N) is 3. The third-order valence-electron chi connectivity index (χ3n) is 3.19. The van der Waals surface area contributed by atoms with Crippen LogP contribution in [0.1, 0.15) is 19.8 Å². The molecule has 1 aromatic heterocycles. The van der Waals surface area contributed by atoms with Gasteiger partial charge >= 0.3 is 0 Å². The average molecular weight is 251 g/mol. The number of ether oxygens (including phenoxy) is 1. The van der Waals surface area contributed by atoms with E-state index in [0.29, 0.717) is 12.1 Å². The molecule has 0 unspecified atom stereocenters. The van der Waals surface area contributed by atoms with Gasteiger partial charge < -0.3 is 20.7 Å². The minimum Gasteiger partial charge on any atom is -0.381 e. The maximum absolute atomic E-state index is 5.74. The van der Waals surface area contributed by atoms with Crippen LogP contribution in [0.15, 0.2) is 6.07 Å². The molecule has 1 aromatic rings. The van der Waals surface area contributed by atoms with Crippen molar-refractivity contribution in [2.24, 2.45) is 0 Å². The zero-order valence-electron chi connectivity index (χ0n) is 11.0. The molecule has 0 spiro atoms. The summed E-state index contributed by atoms with van der Waals surface area (Å²) in [5, 5.41) is 3.17. The molecule has 0 saturated carbocycles.